The predicted molar refractivity (Wildman–Crippen MR) is 180 cm³/mol. The van der Waals surface area contributed by atoms with Gasteiger partial charge in [0.05, 0.1) is 6.04 Å². The van der Waals surface area contributed by atoms with Crippen LogP contribution in [-0.4, -0.2) is 81.4 Å². The van der Waals surface area contributed by atoms with Crippen molar-refractivity contribution in [2.45, 2.75) is 71.1 Å². The molecule has 0 unspecified atom stereocenters. The maximum Gasteiger partial charge on any atom is 0.263 e. The van der Waals surface area contributed by atoms with Crippen LogP contribution >= 0.6 is 35.0 Å². The Morgan fingerprint density at radius 3 is 2.11 bits per heavy atom. The lowest BCUT2D eigenvalue weighted by atomic mass is 9.81. The van der Waals surface area contributed by atoms with E-state index in [1.807, 2.05) is 46.2 Å². The summed E-state index contributed by atoms with van der Waals surface area (Å²) < 4.78 is 0. The minimum atomic E-state index is -0.625. The Morgan fingerprint density at radius 2 is 1.52 bits per heavy atom. The van der Waals surface area contributed by atoms with Gasteiger partial charge in [-0.3, -0.25) is 14.5 Å². The van der Waals surface area contributed by atoms with Crippen LogP contribution in [0.2, 0.25) is 10.0 Å². The molecule has 234 valence electrons. The molecule has 0 saturated carbocycles. The van der Waals surface area contributed by atoms with Crippen LogP contribution in [0.15, 0.2) is 64.1 Å². The molecule has 3 atom stereocenters. The third kappa shape index (κ3) is 5.57. The summed E-state index contributed by atoms with van der Waals surface area (Å²) in [6.07, 6.45) is 1.53. The van der Waals surface area contributed by atoms with Gasteiger partial charge >= 0.3 is 0 Å². The molecule has 0 bridgehead atoms. The molecule has 44 heavy (non-hydrogen) atoms. The van der Waals surface area contributed by atoms with E-state index in [0.717, 1.165) is 41.5 Å². The zero-order chi connectivity index (χ0) is 31.3. The first-order valence-corrected chi connectivity index (χ1v) is 17.2. The van der Waals surface area contributed by atoms with Gasteiger partial charge in [0, 0.05) is 54.5 Å². The molecule has 0 N–H and O–H groups in total. The molecule has 7 nitrogen and oxygen atoms in total. The first kappa shape index (κ1) is 31.5. The van der Waals surface area contributed by atoms with Crippen LogP contribution in [0.4, 0.5) is 0 Å². The minimum absolute atomic E-state index is 0.0531. The number of likely N-dealkylation sites (tertiary alicyclic amines) is 1. The summed E-state index contributed by atoms with van der Waals surface area (Å²) >= 11 is 14.0. The van der Waals surface area contributed by atoms with E-state index >= 15 is 0 Å². The second-order valence-corrected chi connectivity index (χ2v) is 14.8. The van der Waals surface area contributed by atoms with E-state index in [-0.39, 0.29) is 23.8 Å². The molecule has 10 heteroatoms. The number of amidine groups is 1. The van der Waals surface area contributed by atoms with E-state index in [4.69, 9.17) is 28.2 Å². The van der Waals surface area contributed by atoms with E-state index < -0.39 is 11.6 Å². The quantitative estimate of drug-likeness (QED) is 0.344. The standard InChI is InChI=1S/C34H41Cl2N5O2S/c1-21(2)28-29(32(43)40-16-6-7-27(40)31(42)39-19-17-38(18-20-39)22(3)4)44-33-37-34(5,24-10-14-26(36)15-11-24)30(41(28)33)23-8-12-25(35)13-9-23/h8-15,21-22,27,30H,6-7,16-20H2,1-5H3/t27-,30+,34-/m0/s1. The van der Waals surface area contributed by atoms with E-state index in [1.54, 1.807) is 0 Å². The minimum Gasteiger partial charge on any atom is -0.338 e. The molecule has 2 aromatic rings. The molecule has 4 aliphatic rings. The monoisotopic (exact) mass is 653 g/mol. The molecule has 6 rings (SSSR count). The van der Waals surface area contributed by atoms with Gasteiger partial charge in [-0.1, -0.05) is 61.3 Å². The number of thioether (sulfide) groups is 1. The molecular weight excluding hydrogens is 613 g/mol. The number of allylic oxidation sites excluding steroid dienone is 1. The zero-order valence-corrected chi connectivity index (χ0v) is 28.4. The van der Waals surface area contributed by atoms with Gasteiger partial charge in [0.1, 0.15) is 16.5 Å². The third-order valence-electron chi connectivity index (χ3n) is 9.52. The fourth-order valence-corrected chi connectivity index (χ4v) is 8.75. The lowest BCUT2D eigenvalue weighted by molar-refractivity contribution is -0.143. The van der Waals surface area contributed by atoms with Gasteiger partial charge in [-0.15, -0.1) is 0 Å². The Balaban J connectivity index is 1.33. The third-order valence-corrected chi connectivity index (χ3v) is 11.1. The molecule has 2 fully saturated rings. The average Bonchev–Trinajstić information content (AvgIpc) is 3.70. The molecule has 4 heterocycles. The number of nitrogens with zero attached hydrogens (tertiary/aromatic N) is 5. The molecule has 0 aromatic heterocycles. The van der Waals surface area contributed by atoms with Crippen molar-refractivity contribution in [3.05, 3.63) is 80.3 Å². The summed E-state index contributed by atoms with van der Waals surface area (Å²) in [6.45, 7) is 14.5. The Morgan fingerprint density at radius 1 is 0.909 bits per heavy atom. The molecule has 0 aliphatic carbocycles. The summed E-state index contributed by atoms with van der Waals surface area (Å²) in [7, 11) is 0. The van der Waals surface area contributed by atoms with Gasteiger partial charge in [0.15, 0.2) is 5.17 Å². The number of carbonyl (C=O) groups excluding carboxylic acids is 2. The van der Waals surface area contributed by atoms with Crippen molar-refractivity contribution in [2.24, 2.45) is 10.9 Å². The highest BCUT2D eigenvalue weighted by Gasteiger charge is 2.54. The lowest BCUT2D eigenvalue weighted by Gasteiger charge is -2.39. The molecule has 2 amide bonds. The maximum atomic E-state index is 14.4. The highest BCUT2D eigenvalue weighted by Crippen LogP contribution is 2.56. The molecule has 2 aromatic carbocycles. The smallest absolute Gasteiger partial charge is 0.263 e. The van der Waals surface area contributed by atoms with Gasteiger partial charge < -0.3 is 14.7 Å². The molecular formula is C34H41Cl2N5O2S. The largest absolute Gasteiger partial charge is 0.338 e. The van der Waals surface area contributed by atoms with E-state index in [1.165, 1.54) is 11.8 Å². The average molecular weight is 655 g/mol. The summed E-state index contributed by atoms with van der Waals surface area (Å²) in [5, 5.41) is 2.15. The van der Waals surface area contributed by atoms with Crippen LogP contribution in [0, 0.1) is 5.92 Å². The fraction of sp³-hybridized carbons (Fsp3) is 0.500. The van der Waals surface area contributed by atoms with E-state index in [0.29, 0.717) is 47.0 Å². The van der Waals surface area contributed by atoms with E-state index in [9.17, 15) is 9.59 Å². The van der Waals surface area contributed by atoms with Crippen LogP contribution in [0.3, 0.4) is 0 Å². The zero-order valence-electron chi connectivity index (χ0n) is 26.1. The van der Waals surface area contributed by atoms with Crippen LogP contribution in [0.1, 0.15) is 64.6 Å². The van der Waals surface area contributed by atoms with Crippen molar-refractivity contribution in [1.82, 2.24) is 19.6 Å². The Hall–Kier alpha value is -2.52. The summed E-state index contributed by atoms with van der Waals surface area (Å²) in [6, 6.07) is 15.7. The number of piperazine rings is 1. The van der Waals surface area contributed by atoms with Crippen molar-refractivity contribution < 1.29 is 9.59 Å². The number of amides is 2. The number of rotatable bonds is 6. The molecule has 4 aliphatic heterocycles. The Kier molecular flexibility index (Phi) is 8.83. The number of halogens is 2. The number of carbonyl (C=O) groups is 2. The molecule has 0 radical (unpaired) electrons. The number of hydrogen-bond acceptors (Lipinski definition) is 6. The summed E-state index contributed by atoms with van der Waals surface area (Å²) in [4.78, 5) is 42.7. The Labute approximate surface area is 275 Å². The highest BCUT2D eigenvalue weighted by molar-refractivity contribution is 8.18. The topological polar surface area (TPSA) is 59.5 Å². The van der Waals surface area contributed by atoms with Crippen molar-refractivity contribution in [1.29, 1.82) is 0 Å². The van der Waals surface area contributed by atoms with Gasteiger partial charge in [-0.05, 0) is 86.7 Å². The van der Waals surface area contributed by atoms with Gasteiger partial charge in [0.2, 0.25) is 5.91 Å². The van der Waals surface area contributed by atoms with Gasteiger partial charge in [-0.25, -0.2) is 4.99 Å². The SMILES string of the molecule is CC(C)C1=C(C(=O)N2CCC[C@H]2C(=O)N2CCN(C(C)C)CC2)SC2=N[C@@](C)(c3ccc(Cl)cc3)[C@@H](c3ccc(Cl)cc3)N21. The van der Waals surface area contributed by atoms with Crippen LogP contribution < -0.4 is 0 Å². The Bertz CT molecular complexity index is 1480. The van der Waals surface area contributed by atoms with Crippen molar-refractivity contribution in [2.75, 3.05) is 32.7 Å². The van der Waals surface area contributed by atoms with Crippen LogP contribution in [0.5, 0.6) is 0 Å². The predicted octanol–water partition coefficient (Wildman–Crippen LogP) is 6.78. The van der Waals surface area contributed by atoms with Gasteiger partial charge in [-0.2, -0.15) is 0 Å². The number of aliphatic imine (C=N–C) groups is 1. The first-order valence-electron chi connectivity index (χ1n) is 15.7. The second kappa shape index (κ2) is 12.3. The first-order chi connectivity index (χ1) is 21.0. The van der Waals surface area contributed by atoms with Gasteiger partial charge in [0.25, 0.3) is 5.91 Å². The van der Waals surface area contributed by atoms with Crippen LogP contribution in [-0.2, 0) is 15.1 Å². The van der Waals surface area contributed by atoms with Crippen LogP contribution in [0.25, 0.3) is 0 Å². The normalized spacial score (nSPS) is 25.8. The van der Waals surface area contributed by atoms with Crippen molar-refractivity contribution in [3.63, 3.8) is 0 Å². The van der Waals surface area contributed by atoms with Crippen molar-refractivity contribution >= 4 is 51.9 Å². The van der Waals surface area contributed by atoms with E-state index in [2.05, 4.69) is 56.6 Å². The number of benzene rings is 2. The number of fused-ring (bicyclic) bond motifs is 1. The highest BCUT2D eigenvalue weighted by atomic mass is 35.5. The summed E-state index contributed by atoms with van der Waals surface area (Å²) in [5.41, 5.74) is 2.44. The lowest BCUT2D eigenvalue weighted by Crippen LogP contribution is -2.55. The second-order valence-electron chi connectivity index (χ2n) is 13.0. The fourth-order valence-electron chi connectivity index (χ4n) is 7.13. The molecule has 2 saturated heterocycles. The van der Waals surface area contributed by atoms with Crippen molar-refractivity contribution in [3.8, 4) is 0 Å². The maximum absolute atomic E-state index is 14.4. The number of hydrogen-bond donors (Lipinski definition) is 0. The molecule has 0 spiro atoms. The summed E-state index contributed by atoms with van der Waals surface area (Å²) in [5.74, 6) is 0.0778.